The van der Waals surface area contributed by atoms with Gasteiger partial charge in [-0.2, -0.15) is 0 Å². The number of halogens is 2. The third-order valence-corrected chi connectivity index (χ3v) is 3.51. The number of nitrogens with zero attached hydrogens (tertiary/aromatic N) is 1. The minimum Gasteiger partial charge on any atom is -0.329 e. The summed E-state index contributed by atoms with van der Waals surface area (Å²) in [5, 5.41) is 3.15. The Morgan fingerprint density at radius 1 is 1.50 bits per heavy atom. The zero-order chi connectivity index (χ0) is 13.3. The molecular weight excluding hydrogens is 273 g/mol. The molecule has 0 aliphatic rings. The van der Waals surface area contributed by atoms with Crippen LogP contribution >= 0.6 is 23.2 Å². The van der Waals surface area contributed by atoms with Crippen molar-refractivity contribution in [3.05, 3.63) is 23.5 Å². The molecule has 18 heavy (non-hydrogen) atoms. The number of amides is 1. The second-order valence-corrected chi connectivity index (χ2v) is 5.36. The predicted molar refractivity (Wildman–Crippen MR) is 74.2 cm³/mol. The highest BCUT2D eigenvalue weighted by Gasteiger charge is 2.26. The summed E-state index contributed by atoms with van der Waals surface area (Å²) in [5.74, 6) is 0.138. The van der Waals surface area contributed by atoms with Crippen molar-refractivity contribution in [3.63, 3.8) is 0 Å². The van der Waals surface area contributed by atoms with E-state index in [0.717, 1.165) is 11.0 Å². The maximum atomic E-state index is 12.0. The van der Waals surface area contributed by atoms with Crippen LogP contribution in [-0.2, 0) is 4.79 Å². The van der Waals surface area contributed by atoms with E-state index in [9.17, 15) is 4.79 Å². The number of hydrogen-bond donors (Lipinski definition) is 2. The van der Waals surface area contributed by atoms with E-state index in [4.69, 9.17) is 23.2 Å². The zero-order valence-electron chi connectivity index (χ0n) is 10.1. The molecule has 0 aliphatic heterocycles. The first kappa shape index (κ1) is 13.2. The summed E-state index contributed by atoms with van der Waals surface area (Å²) in [6.45, 7) is 3.59. The maximum absolute atomic E-state index is 12.0. The van der Waals surface area contributed by atoms with Crippen molar-refractivity contribution < 1.29 is 4.79 Å². The summed E-state index contributed by atoms with van der Waals surface area (Å²) < 4.78 is 0. The second-order valence-electron chi connectivity index (χ2n) is 4.73. The lowest BCUT2D eigenvalue weighted by molar-refractivity contribution is -0.122. The Hall–Kier alpha value is -1.26. The standard InChI is InChI=1S/C12H13Cl2N3O/c1-12(2,6-13)10(18)15-7-3-4-8-9(5-7)17-11(14)16-8/h3-5H,6H2,1-2H3,(H,15,18)(H,16,17). The van der Waals surface area contributed by atoms with Gasteiger partial charge in [0.05, 0.1) is 16.4 Å². The summed E-state index contributed by atoms with van der Waals surface area (Å²) in [7, 11) is 0. The first-order valence-corrected chi connectivity index (χ1v) is 6.36. The molecule has 0 atom stereocenters. The number of alkyl halides is 1. The van der Waals surface area contributed by atoms with Crippen LogP contribution in [0.4, 0.5) is 5.69 Å². The summed E-state index contributed by atoms with van der Waals surface area (Å²) in [6, 6.07) is 5.36. The summed E-state index contributed by atoms with van der Waals surface area (Å²) in [5.41, 5.74) is 1.62. The fourth-order valence-electron chi connectivity index (χ4n) is 1.42. The van der Waals surface area contributed by atoms with E-state index >= 15 is 0 Å². The lowest BCUT2D eigenvalue weighted by Crippen LogP contribution is -2.32. The highest BCUT2D eigenvalue weighted by atomic mass is 35.5. The van der Waals surface area contributed by atoms with Crippen LogP contribution < -0.4 is 5.32 Å². The molecular formula is C12H13Cl2N3O. The monoisotopic (exact) mass is 285 g/mol. The fourth-order valence-corrected chi connectivity index (χ4v) is 1.73. The molecule has 0 saturated heterocycles. The fraction of sp³-hybridized carbons (Fsp3) is 0.333. The molecule has 0 fully saturated rings. The number of fused-ring (bicyclic) bond motifs is 1. The Balaban J connectivity index is 2.24. The van der Waals surface area contributed by atoms with Crippen LogP contribution in [0.1, 0.15) is 13.8 Å². The van der Waals surface area contributed by atoms with Crippen molar-refractivity contribution in [2.75, 3.05) is 11.2 Å². The molecule has 0 bridgehead atoms. The van der Waals surface area contributed by atoms with Crippen molar-refractivity contribution in [1.82, 2.24) is 9.97 Å². The van der Waals surface area contributed by atoms with Crippen molar-refractivity contribution in [2.24, 2.45) is 5.41 Å². The van der Waals surface area contributed by atoms with E-state index < -0.39 is 5.41 Å². The van der Waals surface area contributed by atoms with Gasteiger partial charge in [0.15, 0.2) is 0 Å². The van der Waals surface area contributed by atoms with Gasteiger partial charge < -0.3 is 10.3 Å². The van der Waals surface area contributed by atoms with Crippen LogP contribution in [-0.4, -0.2) is 21.8 Å². The van der Waals surface area contributed by atoms with E-state index in [1.807, 2.05) is 0 Å². The molecule has 0 aliphatic carbocycles. The lowest BCUT2D eigenvalue weighted by Gasteiger charge is -2.20. The molecule has 2 N–H and O–H groups in total. The summed E-state index contributed by atoms with van der Waals surface area (Å²) in [6.07, 6.45) is 0. The van der Waals surface area contributed by atoms with Gasteiger partial charge in [-0.25, -0.2) is 4.98 Å². The van der Waals surface area contributed by atoms with Gasteiger partial charge in [0.25, 0.3) is 0 Å². The van der Waals surface area contributed by atoms with Gasteiger partial charge in [0.1, 0.15) is 0 Å². The molecule has 4 nitrogen and oxygen atoms in total. The molecule has 2 aromatic rings. The van der Waals surface area contributed by atoms with Crippen LogP contribution in [0.2, 0.25) is 5.28 Å². The molecule has 0 saturated carbocycles. The number of carbonyl (C=O) groups excluding carboxylic acids is 1. The van der Waals surface area contributed by atoms with Gasteiger partial charge in [-0.3, -0.25) is 4.79 Å². The van der Waals surface area contributed by atoms with E-state index in [1.165, 1.54) is 0 Å². The Morgan fingerprint density at radius 2 is 2.22 bits per heavy atom. The Bertz CT molecular complexity index is 592. The third-order valence-electron chi connectivity index (χ3n) is 2.66. The first-order chi connectivity index (χ1) is 8.42. The molecule has 1 aromatic carbocycles. The normalized spacial score (nSPS) is 11.8. The van der Waals surface area contributed by atoms with Crippen LogP contribution in [0.15, 0.2) is 18.2 Å². The van der Waals surface area contributed by atoms with E-state index in [2.05, 4.69) is 15.3 Å². The van der Waals surface area contributed by atoms with Gasteiger partial charge in [-0.15, -0.1) is 11.6 Å². The minimum absolute atomic E-state index is 0.123. The molecule has 1 amide bonds. The number of anilines is 1. The number of nitrogens with one attached hydrogen (secondary N) is 2. The van der Waals surface area contributed by atoms with Gasteiger partial charge in [-0.05, 0) is 43.6 Å². The minimum atomic E-state index is -0.609. The number of carbonyl (C=O) groups is 1. The Kier molecular flexibility index (Phi) is 3.50. The zero-order valence-corrected chi connectivity index (χ0v) is 11.6. The average Bonchev–Trinajstić information content (AvgIpc) is 2.68. The Morgan fingerprint density at radius 3 is 2.89 bits per heavy atom. The quantitative estimate of drug-likeness (QED) is 0.849. The number of aromatic nitrogens is 2. The van der Waals surface area contributed by atoms with Gasteiger partial charge in [0.2, 0.25) is 11.2 Å². The SMILES string of the molecule is CC(C)(CCl)C(=O)Nc1ccc2nc(Cl)[nH]c2c1. The number of hydrogen-bond acceptors (Lipinski definition) is 2. The summed E-state index contributed by atoms with van der Waals surface area (Å²) in [4.78, 5) is 18.9. The molecule has 0 radical (unpaired) electrons. The van der Waals surface area contributed by atoms with Crippen LogP contribution in [0.5, 0.6) is 0 Å². The first-order valence-electron chi connectivity index (χ1n) is 5.45. The van der Waals surface area contributed by atoms with Gasteiger partial charge in [-0.1, -0.05) is 0 Å². The predicted octanol–water partition coefficient (Wildman–Crippen LogP) is 3.42. The topological polar surface area (TPSA) is 57.8 Å². The molecule has 1 aromatic heterocycles. The second kappa shape index (κ2) is 4.78. The van der Waals surface area contributed by atoms with Gasteiger partial charge in [0, 0.05) is 11.6 Å². The molecule has 0 spiro atoms. The van der Waals surface area contributed by atoms with E-state index in [1.54, 1.807) is 32.0 Å². The van der Waals surface area contributed by atoms with Crippen LogP contribution in [0, 0.1) is 5.41 Å². The molecule has 0 unspecified atom stereocenters. The van der Waals surface area contributed by atoms with Crippen LogP contribution in [0.3, 0.4) is 0 Å². The molecule has 96 valence electrons. The lowest BCUT2D eigenvalue weighted by atomic mass is 9.95. The van der Waals surface area contributed by atoms with E-state index in [-0.39, 0.29) is 11.8 Å². The van der Waals surface area contributed by atoms with Crippen molar-refractivity contribution in [2.45, 2.75) is 13.8 Å². The largest absolute Gasteiger partial charge is 0.329 e. The number of H-pyrrole nitrogens is 1. The van der Waals surface area contributed by atoms with Crippen molar-refractivity contribution >= 4 is 45.8 Å². The molecule has 6 heteroatoms. The van der Waals surface area contributed by atoms with Crippen LogP contribution in [0.25, 0.3) is 11.0 Å². The maximum Gasteiger partial charge on any atom is 0.231 e. The molecule has 2 rings (SSSR count). The highest BCUT2D eigenvalue weighted by Crippen LogP contribution is 2.23. The number of rotatable bonds is 3. The third kappa shape index (κ3) is 2.60. The number of imidazole rings is 1. The Labute approximate surface area is 115 Å². The number of benzene rings is 1. The average molecular weight is 286 g/mol. The molecule has 1 heterocycles. The van der Waals surface area contributed by atoms with Crippen molar-refractivity contribution in [3.8, 4) is 0 Å². The van der Waals surface area contributed by atoms with E-state index in [0.29, 0.717) is 11.0 Å². The number of aromatic amines is 1. The van der Waals surface area contributed by atoms with Crippen molar-refractivity contribution in [1.29, 1.82) is 0 Å². The van der Waals surface area contributed by atoms with Gasteiger partial charge >= 0.3 is 0 Å². The smallest absolute Gasteiger partial charge is 0.231 e. The summed E-state index contributed by atoms with van der Waals surface area (Å²) >= 11 is 11.5. The highest BCUT2D eigenvalue weighted by molar-refractivity contribution is 6.29.